The van der Waals surface area contributed by atoms with Crippen LogP contribution in [0.4, 0.5) is 10.5 Å². The largest absolute Gasteiger partial charge is 0.361 e. The summed E-state index contributed by atoms with van der Waals surface area (Å²) in [5.41, 5.74) is 3.31. The van der Waals surface area contributed by atoms with E-state index in [0.29, 0.717) is 12.2 Å². The Kier molecular flexibility index (Phi) is 4.23. The summed E-state index contributed by atoms with van der Waals surface area (Å²) in [4.78, 5) is 26.1. The fraction of sp³-hybridized carbons (Fsp3) is 0.263. The van der Waals surface area contributed by atoms with Crippen molar-refractivity contribution in [2.75, 3.05) is 4.90 Å². The number of hydrogen-bond acceptors (Lipinski definition) is 5. The van der Waals surface area contributed by atoms with Gasteiger partial charge in [-0.3, -0.25) is 9.48 Å². The molecular weight excluding hydrogens is 346 g/mol. The van der Waals surface area contributed by atoms with Gasteiger partial charge in [0.1, 0.15) is 11.5 Å². The number of carbonyl (C=O) groups excluding carboxylic acids is 2. The maximum atomic E-state index is 12.7. The maximum absolute atomic E-state index is 12.7. The summed E-state index contributed by atoms with van der Waals surface area (Å²) in [6.07, 6.45) is 12.8. The Bertz CT molecular complexity index is 989. The zero-order valence-electron chi connectivity index (χ0n) is 15.1. The third-order valence-electron chi connectivity index (χ3n) is 4.59. The van der Waals surface area contributed by atoms with Crippen LogP contribution in [0.25, 0.3) is 0 Å². The summed E-state index contributed by atoms with van der Waals surface area (Å²) in [6.45, 7) is 4.15. The highest BCUT2D eigenvalue weighted by Gasteiger charge is 2.35. The molecular formula is C19H19N5O3. The van der Waals surface area contributed by atoms with Crippen LogP contribution in [0.15, 0.2) is 52.5 Å². The number of aromatic nitrogens is 3. The molecule has 0 radical (unpaired) electrons. The smallest absolute Gasteiger partial charge is 0.333 e. The number of anilines is 1. The van der Waals surface area contributed by atoms with Crippen molar-refractivity contribution in [3.63, 3.8) is 0 Å². The summed E-state index contributed by atoms with van der Waals surface area (Å²) >= 11 is 0. The Balaban J connectivity index is 1.55. The number of nitrogens with zero attached hydrogens (tertiary/aromatic N) is 4. The Labute approximate surface area is 155 Å². The van der Waals surface area contributed by atoms with Crippen molar-refractivity contribution in [2.45, 2.75) is 33.2 Å². The van der Waals surface area contributed by atoms with Gasteiger partial charge in [0.15, 0.2) is 0 Å². The summed E-state index contributed by atoms with van der Waals surface area (Å²) in [5.74, 6) is 0.329. The number of imide groups is 1. The Morgan fingerprint density at radius 1 is 1.30 bits per heavy atom. The average molecular weight is 365 g/mol. The van der Waals surface area contributed by atoms with E-state index in [1.807, 2.05) is 32.1 Å². The van der Waals surface area contributed by atoms with Gasteiger partial charge in [0.05, 0.1) is 24.1 Å². The highest BCUT2D eigenvalue weighted by atomic mass is 16.5. The molecule has 138 valence electrons. The van der Waals surface area contributed by atoms with Crippen molar-refractivity contribution < 1.29 is 14.1 Å². The van der Waals surface area contributed by atoms with Crippen LogP contribution < -0.4 is 10.2 Å². The monoisotopic (exact) mass is 365 g/mol. The number of rotatable bonds is 4. The van der Waals surface area contributed by atoms with E-state index in [2.05, 4.69) is 15.6 Å². The van der Waals surface area contributed by atoms with Crippen molar-refractivity contribution in [1.82, 2.24) is 20.3 Å². The van der Waals surface area contributed by atoms with Crippen LogP contribution in [0.3, 0.4) is 0 Å². The summed E-state index contributed by atoms with van der Waals surface area (Å²) in [5, 5.41) is 10.8. The second-order valence-corrected chi connectivity index (χ2v) is 6.51. The third-order valence-corrected chi connectivity index (χ3v) is 4.59. The van der Waals surface area contributed by atoms with Gasteiger partial charge < -0.3 is 9.84 Å². The van der Waals surface area contributed by atoms with Gasteiger partial charge in [0, 0.05) is 11.8 Å². The number of urea groups is 1. The lowest BCUT2D eigenvalue weighted by molar-refractivity contribution is -0.113. The van der Waals surface area contributed by atoms with Gasteiger partial charge in [-0.25, -0.2) is 9.69 Å². The lowest BCUT2D eigenvalue weighted by atomic mass is 10.1. The molecule has 2 aromatic rings. The fourth-order valence-electron chi connectivity index (χ4n) is 3.12. The van der Waals surface area contributed by atoms with Gasteiger partial charge in [0.25, 0.3) is 5.91 Å². The van der Waals surface area contributed by atoms with Crippen LogP contribution in [0.5, 0.6) is 0 Å². The number of amides is 3. The van der Waals surface area contributed by atoms with E-state index in [0.717, 1.165) is 40.3 Å². The van der Waals surface area contributed by atoms with E-state index in [9.17, 15) is 9.59 Å². The molecule has 1 aliphatic heterocycles. The van der Waals surface area contributed by atoms with Crippen molar-refractivity contribution >= 4 is 17.6 Å². The molecule has 0 bridgehead atoms. The minimum Gasteiger partial charge on any atom is -0.361 e. The first-order chi connectivity index (χ1) is 13.0. The van der Waals surface area contributed by atoms with Gasteiger partial charge in [-0.15, -0.1) is 0 Å². The number of hydrogen-bond donors (Lipinski definition) is 1. The van der Waals surface area contributed by atoms with E-state index in [1.165, 1.54) is 6.20 Å². The van der Waals surface area contributed by atoms with E-state index in [4.69, 9.17) is 4.52 Å². The number of nitrogens with one attached hydrogen (secondary N) is 1. The van der Waals surface area contributed by atoms with Gasteiger partial charge in [-0.1, -0.05) is 23.4 Å². The van der Waals surface area contributed by atoms with E-state index in [-0.39, 0.29) is 5.70 Å². The zero-order valence-corrected chi connectivity index (χ0v) is 15.1. The van der Waals surface area contributed by atoms with Gasteiger partial charge in [0.2, 0.25) is 0 Å². The Hall–Kier alpha value is -3.42. The second kappa shape index (κ2) is 6.71. The Morgan fingerprint density at radius 3 is 2.85 bits per heavy atom. The molecule has 1 aliphatic carbocycles. The first-order valence-corrected chi connectivity index (χ1v) is 8.71. The number of carbonyl (C=O) groups is 2. The molecule has 2 aromatic heterocycles. The number of allylic oxidation sites excluding steroid dienone is 5. The molecule has 1 N–H and O–H groups in total. The molecule has 27 heavy (non-hydrogen) atoms. The third kappa shape index (κ3) is 3.21. The van der Waals surface area contributed by atoms with Crippen molar-refractivity contribution in [1.29, 1.82) is 0 Å². The molecule has 0 spiro atoms. The molecule has 0 unspecified atom stereocenters. The molecule has 1 saturated heterocycles. The summed E-state index contributed by atoms with van der Waals surface area (Å²) < 4.78 is 6.81. The van der Waals surface area contributed by atoms with Gasteiger partial charge >= 0.3 is 6.03 Å². The molecule has 3 heterocycles. The average Bonchev–Trinajstić information content (AvgIpc) is 3.31. The first-order valence-electron chi connectivity index (χ1n) is 8.71. The van der Waals surface area contributed by atoms with Crippen molar-refractivity contribution in [2.24, 2.45) is 0 Å². The van der Waals surface area contributed by atoms with Gasteiger partial charge in [-0.05, 0) is 38.3 Å². The van der Waals surface area contributed by atoms with Crippen LogP contribution >= 0.6 is 0 Å². The Morgan fingerprint density at radius 2 is 2.15 bits per heavy atom. The minimum absolute atomic E-state index is 0.260. The SMILES string of the molecule is Cc1noc(C)c1Cn1cc(N2C(=O)N/C(=C\C3=CCCC=C3)C2=O)cn1. The highest BCUT2D eigenvalue weighted by molar-refractivity contribution is 6.26. The first kappa shape index (κ1) is 17.0. The van der Waals surface area contributed by atoms with Crippen LogP contribution in [0.1, 0.15) is 29.9 Å². The van der Waals surface area contributed by atoms with E-state index >= 15 is 0 Å². The molecule has 0 aromatic carbocycles. The van der Waals surface area contributed by atoms with Crippen molar-refractivity contribution in [3.05, 3.63) is 65.0 Å². The van der Waals surface area contributed by atoms with E-state index < -0.39 is 11.9 Å². The zero-order chi connectivity index (χ0) is 19.0. The second-order valence-electron chi connectivity index (χ2n) is 6.51. The lowest BCUT2D eigenvalue weighted by Gasteiger charge is -2.08. The molecule has 0 saturated carbocycles. The summed E-state index contributed by atoms with van der Waals surface area (Å²) in [7, 11) is 0. The normalized spacial score (nSPS) is 18.4. The minimum atomic E-state index is -0.483. The van der Waals surface area contributed by atoms with Crippen molar-refractivity contribution in [3.8, 4) is 0 Å². The fourth-order valence-corrected chi connectivity index (χ4v) is 3.12. The maximum Gasteiger partial charge on any atom is 0.333 e. The van der Waals surface area contributed by atoms with Crippen LogP contribution in [-0.2, 0) is 11.3 Å². The molecule has 8 nitrogen and oxygen atoms in total. The standard InChI is InChI=1S/C19H19N5O3/c1-12-16(13(2)27-22-12)11-23-10-15(9-20-23)24-18(25)17(21-19(24)26)8-14-6-4-3-5-7-14/h4,6-10H,3,5,11H2,1-2H3,(H,21,26)/b17-8-. The van der Waals surface area contributed by atoms with Crippen LogP contribution in [0.2, 0.25) is 0 Å². The molecule has 8 heteroatoms. The van der Waals surface area contributed by atoms with Gasteiger partial charge in [-0.2, -0.15) is 5.10 Å². The molecule has 1 fully saturated rings. The molecule has 3 amide bonds. The molecule has 0 atom stereocenters. The molecule has 4 rings (SSSR count). The summed E-state index contributed by atoms with van der Waals surface area (Å²) in [6, 6.07) is -0.483. The van der Waals surface area contributed by atoms with Crippen LogP contribution in [0, 0.1) is 13.8 Å². The highest BCUT2D eigenvalue weighted by Crippen LogP contribution is 2.23. The topological polar surface area (TPSA) is 93.3 Å². The molecule has 2 aliphatic rings. The quantitative estimate of drug-likeness (QED) is 0.664. The number of aryl methyl sites for hydroxylation is 2. The van der Waals surface area contributed by atoms with Crippen LogP contribution in [-0.4, -0.2) is 26.9 Å². The predicted octanol–water partition coefficient (Wildman–Crippen LogP) is 2.75. The van der Waals surface area contributed by atoms with E-state index in [1.54, 1.807) is 17.0 Å². The predicted molar refractivity (Wildman–Crippen MR) is 97.9 cm³/mol. The lowest BCUT2D eigenvalue weighted by Crippen LogP contribution is -2.30.